The Morgan fingerprint density at radius 2 is 1.82 bits per heavy atom. The zero-order valence-electron chi connectivity index (χ0n) is 18.7. The van der Waals surface area contributed by atoms with Gasteiger partial charge in [0.15, 0.2) is 0 Å². The third-order valence-corrected chi connectivity index (χ3v) is 6.83. The second-order valence-corrected chi connectivity index (χ2v) is 9.14. The van der Waals surface area contributed by atoms with Gasteiger partial charge in [0.1, 0.15) is 6.54 Å². The van der Waals surface area contributed by atoms with E-state index < -0.39 is 17.1 Å². The zero-order valence-corrected chi connectivity index (χ0v) is 19.5. The first-order chi connectivity index (χ1) is 16.5. The van der Waals surface area contributed by atoms with Crippen molar-refractivity contribution in [1.29, 1.82) is 0 Å². The number of rotatable bonds is 5. The molecule has 0 bridgehead atoms. The number of hydrogen-bond donors (Lipinski definition) is 1. The standard InChI is InChI=1S/C25H24N4O4S/c1-27-15-17(18-6-2-4-8-20(18)27)14-22-24(31)29(25(32)34-22)16-23(30)26-19-7-3-5-9-21(19)28-10-12-33-13-11-28/h2-9,14-15H,10-13,16H2,1H3,(H,26,30)/b22-14-. The van der Waals surface area contributed by atoms with Gasteiger partial charge in [0, 0.05) is 42.8 Å². The number of morpholine rings is 1. The first-order valence-corrected chi connectivity index (χ1v) is 11.8. The summed E-state index contributed by atoms with van der Waals surface area (Å²) in [5.41, 5.74) is 3.43. The highest BCUT2D eigenvalue weighted by Crippen LogP contribution is 2.34. The summed E-state index contributed by atoms with van der Waals surface area (Å²) in [7, 11) is 1.94. The van der Waals surface area contributed by atoms with Crippen LogP contribution in [0.4, 0.5) is 16.2 Å². The number of hydrogen-bond acceptors (Lipinski definition) is 6. The number of benzene rings is 2. The van der Waals surface area contributed by atoms with Crippen LogP contribution in [-0.2, 0) is 21.4 Å². The number of ether oxygens (including phenoxy) is 1. The molecule has 3 aromatic rings. The summed E-state index contributed by atoms with van der Waals surface area (Å²) in [6, 6.07) is 15.4. The van der Waals surface area contributed by atoms with E-state index in [0.29, 0.717) is 23.8 Å². The van der Waals surface area contributed by atoms with Crippen molar-refractivity contribution in [3.63, 3.8) is 0 Å². The number of aromatic nitrogens is 1. The molecule has 2 aliphatic heterocycles. The molecule has 1 N–H and O–H groups in total. The molecular formula is C25H24N4O4S. The Kier molecular flexibility index (Phi) is 6.12. The fraction of sp³-hybridized carbons (Fsp3) is 0.240. The Labute approximate surface area is 201 Å². The van der Waals surface area contributed by atoms with E-state index in [2.05, 4.69) is 10.2 Å². The molecule has 2 aliphatic rings. The molecule has 0 saturated carbocycles. The Balaban J connectivity index is 1.31. The smallest absolute Gasteiger partial charge is 0.294 e. The predicted molar refractivity (Wildman–Crippen MR) is 134 cm³/mol. The van der Waals surface area contributed by atoms with Crippen molar-refractivity contribution in [3.8, 4) is 0 Å². The molecule has 3 amide bonds. The maximum atomic E-state index is 13.0. The summed E-state index contributed by atoms with van der Waals surface area (Å²) in [5, 5.41) is 3.41. The lowest BCUT2D eigenvalue weighted by Crippen LogP contribution is -2.38. The minimum absolute atomic E-state index is 0.308. The molecule has 1 aromatic heterocycles. The highest BCUT2D eigenvalue weighted by Gasteiger charge is 2.36. The van der Waals surface area contributed by atoms with Gasteiger partial charge in [0.05, 0.1) is 29.5 Å². The molecule has 0 aliphatic carbocycles. The van der Waals surface area contributed by atoms with E-state index in [-0.39, 0.29) is 6.54 Å². The van der Waals surface area contributed by atoms with Crippen LogP contribution in [0, 0.1) is 0 Å². The lowest BCUT2D eigenvalue weighted by atomic mass is 10.1. The fourth-order valence-corrected chi connectivity index (χ4v) is 5.09. The quantitative estimate of drug-likeness (QED) is 0.566. The second-order valence-electron chi connectivity index (χ2n) is 8.15. The van der Waals surface area contributed by atoms with E-state index in [4.69, 9.17) is 4.74 Å². The molecule has 3 heterocycles. The van der Waals surface area contributed by atoms with Crippen LogP contribution in [0.1, 0.15) is 5.56 Å². The van der Waals surface area contributed by atoms with E-state index in [1.54, 1.807) is 6.08 Å². The monoisotopic (exact) mass is 476 g/mol. The first-order valence-electron chi connectivity index (χ1n) is 11.0. The molecular weight excluding hydrogens is 452 g/mol. The van der Waals surface area contributed by atoms with Crippen molar-refractivity contribution >= 4 is 57.2 Å². The fourth-order valence-electron chi connectivity index (χ4n) is 4.26. The van der Waals surface area contributed by atoms with Gasteiger partial charge in [-0.2, -0.15) is 0 Å². The third kappa shape index (κ3) is 4.32. The number of nitrogens with zero attached hydrogens (tertiary/aromatic N) is 3. The summed E-state index contributed by atoms with van der Waals surface area (Å²) < 4.78 is 7.39. The van der Waals surface area contributed by atoms with E-state index >= 15 is 0 Å². The Morgan fingerprint density at radius 3 is 2.65 bits per heavy atom. The normalized spacial score (nSPS) is 17.7. The second kappa shape index (κ2) is 9.36. The minimum atomic E-state index is -0.459. The van der Waals surface area contributed by atoms with Gasteiger partial charge in [-0.15, -0.1) is 0 Å². The van der Waals surface area contributed by atoms with Gasteiger partial charge in [0.2, 0.25) is 5.91 Å². The van der Waals surface area contributed by atoms with Crippen LogP contribution in [0.3, 0.4) is 0 Å². The highest BCUT2D eigenvalue weighted by atomic mass is 32.2. The molecule has 9 heteroatoms. The minimum Gasteiger partial charge on any atom is -0.378 e. The van der Waals surface area contributed by atoms with Crippen LogP contribution < -0.4 is 10.2 Å². The molecule has 2 fully saturated rings. The lowest BCUT2D eigenvalue weighted by molar-refractivity contribution is -0.127. The van der Waals surface area contributed by atoms with Gasteiger partial charge in [-0.25, -0.2) is 0 Å². The van der Waals surface area contributed by atoms with Crippen molar-refractivity contribution in [1.82, 2.24) is 9.47 Å². The van der Waals surface area contributed by atoms with Crippen LogP contribution in [-0.4, -0.2) is 59.4 Å². The van der Waals surface area contributed by atoms with Crippen LogP contribution >= 0.6 is 11.8 Å². The van der Waals surface area contributed by atoms with Gasteiger partial charge in [-0.05, 0) is 36.0 Å². The summed E-state index contributed by atoms with van der Waals surface area (Å²) in [5.74, 6) is -0.881. The summed E-state index contributed by atoms with van der Waals surface area (Å²) in [6.07, 6.45) is 3.65. The zero-order chi connectivity index (χ0) is 23.7. The van der Waals surface area contributed by atoms with Crippen molar-refractivity contribution in [2.75, 3.05) is 43.1 Å². The van der Waals surface area contributed by atoms with Crippen molar-refractivity contribution in [3.05, 3.63) is 65.2 Å². The summed E-state index contributed by atoms with van der Waals surface area (Å²) in [6.45, 7) is 2.38. The number of carbonyl (C=O) groups excluding carboxylic acids is 3. The van der Waals surface area contributed by atoms with Crippen LogP contribution in [0.25, 0.3) is 17.0 Å². The van der Waals surface area contributed by atoms with Crippen molar-refractivity contribution in [2.45, 2.75) is 0 Å². The number of nitrogens with one attached hydrogen (secondary N) is 1. The maximum Gasteiger partial charge on any atom is 0.294 e. The van der Waals surface area contributed by atoms with Crippen LogP contribution in [0.2, 0.25) is 0 Å². The van der Waals surface area contributed by atoms with E-state index in [1.165, 1.54) is 0 Å². The number of para-hydroxylation sites is 3. The SMILES string of the molecule is Cn1cc(/C=C2\SC(=O)N(CC(=O)Nc3ccccc3N3CCOCC3)C2=O)c2ccccc21. The molecule has 0 atom stereocenters. The molecule has 0 radical (unpaired) electrons. The predicted octanol–water partition coefficient (Wildman–Crippen LogP) is 3.69. The molecule has 34 heavy (non-hydrogen) atoms. The largest absolute Gasteiger partial charge is 0.378 e. The highest BCUT2D eigenvalue weighted by molar-refractivity contribution is 8.18. The van der Waals surface area contributed by atoms with Gasteiger partial charge < -0.3 is 19.5 Å². The van der Waals surface area contributed by atoms with Gasteiger partial charge in [0.25, 0.3) is 11.1 Å². The lowest BCUT2D eigenvalue weighted by Gasteiger charge is -2.30. The molecule has 5 rings (SSSR count). The summed E-state index contributed by atoms with van der Waals surface area (Å²) >= 11 is 0.856. The number of thioether (sulfide) groups is 1. The van der Waals surface area contributed by atoms with Gasteiger partial charge >= 0.3 is 0 Å². The number of anilines is 2. The maximum absolute atomic E-state index is 13.0. The van der Waals surface area contributed by atoms with Crippen molar-refractivity contribution in [2.24, 2.45) is 7.05 Å². The number of carbonyl (C=O) groups is 3. The van der Waals surface area contributed by atoms with Gasteiger partial charge in [-0.1, -0.05) is 30.3 Å². The van der Waals surface area contributed by atoms with Crippen molar-refractivity contribution < 1.29 is 19.1 Å². The number of aryl methyl sites for hydroxylation is 1. The number of amides is 3. The van der Waals surface area contributed by atoms with Gasteiger partial charge in [-0.3, -0.25) is 19.3 Å². The van der Waals surface area contributed by atoms with E-state index in [9.17, 15) is 14.4 Å². The van der Waals surface area contributed by atoms with E-state index in [1.807, 2.05) is 66.3 Å². The Hall–Kier alpha value is -3.56. The topological polar surface area (TPSA) is 83.9 Å². The first kappa shape index (κ1) is 22.2. The Bertz CT molecular complexity index is 1310. The average Bonchev–Trinajstić information content (AvgIpc) is 3.31. The molecule has 0 unspecified atom stereocenters. The molecule has 2 saturated heterocycles. The molecule has 0 spiro atoms. The number of imide groups is 1. The van der Waals surface area contributed by atoms with Crippen LogP contribution in [0.15, 0.2) is 59.6 Å². The number of fused-ring (bicyclic) bond motifs is 1. The third-order valence-electron chi connectivity index (χ3n) is 5.92. The molecule has 8 nitrogen and oxygen atoms in total. The average molecular weight is 477 g/mol. The molecule has 2 aromatic carbocycles. The van der Waals surface area contributed by atoms with Crippen LogP contribution in [0.5, 0.6) is 0 Å². The summed E-state index contributed by atoms with van der Waals surface area (Å²) in [4.78, 5) is 41.8. The molecule has 174 valence electrons. The Morgan fingerprint density at radius 1 is 1.09 bits per heavy atom. The van der Waals surface area contributed by atoms with E-state index in [0.717, 1.165) is 51.9 Å².